The second-order valence-corrected chi connectivity index (χ2v) is 9.23. The number of nitrogens with one attached hydrogen (secondary N) is 3. The summed E-state index contributed by atoms with van der Waals surface area (Å²) in [6.45, 7) is 0.649. The Morgan fingerprint density at radius 2 is 1.72 bits per heavy atom. The van der Waals surface area contributed by atoms with Gasteiger partial charge in [0.15, 0.2) is 0 Å². The number of carbonyl (C=O) groups excluding carboxylic acids is 1. The van der Waals surface area contributed by atoms with Gasteiger partial charge in [-0.25, -0.2) is 9.78 Å². The number of amides is 2. The second-order valence-electron chi connectivity index (χ2n) is 9.23. The van der Waals surface area contributed by atoms with Crippen LogP contribution in [0.15, 0.2) is 30.3 Å². The van der Waals surface area contributed by atoms with Gasteiger partial charge in [-0.05, 0) is 63.4 Å². The van der Waals surface area contributed by atoms with Gasteiger partial charge in [0.1, 0.15) is 5.82 Å². The molecule has 0 unspecified atom stereocenters. The van der Waals surface area contributed by atoms with Crippen LogP contribution in [0.25, 0.3) is 0 Å². The maximum atomic E-state index is 12.2. The zero-order valence-electron chi connectivity index (χ0n) is 19.4. The van der Waals surface area contributed by atoms with Crippen molar-refractivity contribution in [2.24, 2.45) is 0 Å². The average molecular weight is 437 g/mol. The monoisotopic (exact) mass is 436 g/mol. The van der Waals surface area contributed by atoms with E-state index in [9.17, 15) is 4.79 Å². The molecule has 0 saturated heterocycles. The van der Waals surface area contributed by atoms with E-state index >= 15 is 0 Å². The lowest BCUT2D eigenvalue weighted by Gasteiger charge is -2.30. The molecule has 1 aromatic carbocycles. The van der Waals surface area contributed by atoms with Crippen molar-refractivity contribution in [3.63, 3.8) is 0 Å². The Morgan fingerprint density at radius 1 is 1.00 bits per heavy atom. The lowest BCUT2D eigenvalue weighted by Crippen LogP contribution is -2.45. The number of rotatable bonds is 7. The van der Waals surface area contributed by atoms with E-state index in [2.05, 4.69) is 47.1 Å². The molecule has 4 rings (SSSR count). The quantitative estimate of drug-likeness (QED) is 0.617. The van der Waals surface area contributed by atoms with Crippen molar-refractivity contribution in [1.82, 2.24) is 20.6 Å². The number of hydrogen-bond acceptors (Lipinski definition) is 5. The van der Waals surface area contributed by atoms with Gasteiger partial charge in [0, 0.05) is 38.3 Å². The summed E-state index contributed by atoms with van der Waals surface area (Å²) in [5.41, 5.74) is 3.76. The van der Waals surface area contributed by atoms with Crippen LogP contribution in [0.4, 0.5) is 16.6 Å². The van der Waals surface area contributed by atoms with Gasteiger partial charge in [0.25, 0.3) is 0 Å². The van der Waals surface area contributed by atoms with Crippen LogP contribution >= 0.6 is 0 Å². The highest BCUT2D eigenvalue weighted by Crippen LogP contribution is 2.29. The smallest absolute Gasteiger partial charge is 0.315 e. The number of aromatic nitrogens is 2. The average Bonchev–Trinajstić information content (AvgIpc) is 2.80. The molecule has 32 heavy (non-hydrogen) atoms. The maximum Gasteiger partial charge on any atom is 0.315 e. The van der Waals surface area contributed by atoms with E-state index in [1.54, 1.807) is 0 Å². The molecule has 0 radical (unpaired) electrons. The van der Waals surface area contributed by atoms with Crippen LogP contribution in [0.5, 0.6) is 0 Å². The summed E-state index contributed by atoms with van der Waals surface area (Å²) in [6.07, 6.45) is 9.35. The highest BCUT2D eigenvalue weighted by molar-refractivity contribution is 5.74. The minimum atomic E-state index is -0.0639. The van der Waals surface area contributed by atoms with Crippen LogP contribution in [0.2, 0.25) is 0 Å². The van der Waals surface area contributed by atoms with E-state index in [1.807, 2.05) is 18.2 Å². The van der Waals surface area contributed by atoms with Crippen molar-refractivity contribution in [2.75, 3.05) is 30.9 Å². The van der Waals surface area contributed by atoms with Gasteiger partial charge in [0.05, 0.1) is 5.69 Å². The van der Waals surface area contributed by atoms with Crippen LogP contribution < -0.4 is 20.9 Å². The zero-order chi connectivity index (χ0) is 22.3. The molecule has 3 N–H and O–H groups in total. The van der Waals surface area contributed by atoms with Gasteiger partial charge in [0.2, 0.25) is 5.95 Å². The Morgan fingerprint density at radius 3 is 2.47 bits per heavy atom. The van der Waals surface area contributed by atoms with Gasteiger partial charge in [-0.15, -0.1) is 0 Å². The summed E-state index contributed by atoms with van der Waals surface area (Å²) in [7, 11) is 4.12. The molecule has 0 bridgehead atoms. The number of carbonyl (C=O) groups is 1. The molecule has 2 amide bonds. The fourth-order valence-corrected chi connectivity index (χ4v) is 4.77. The molecule has 2 aliphatic carbocycles. The first-order chi connectivity index (χ1) is 15.6. The molecule has 2 aliphatic rings. The second kappa shape index (κ2) is 10.7. The summed E-state index contributed by atoms with van der Waals surface area (Å²) in [5.74, 6) is 1.81. The van der Waals surface area contributed by atoms with Gasteiger partial charge in [-0.2, -0.15) is 4.98 Å². The molecule has 7 heteroatoms. The third kappa shape index (κ3) is 5.90. The molecule has 1 saturated carbocycles. The first-order valence-corrected chi connectivity index (χ1v) is 12.0. The standard InChI is InChI=1S/C25H36N6O/c1-31(2)23-21-10-6-7-11-22(21)29-24(30-23)27-19-12-14-20(15-13-19)28-25(32)26-17-16-18-8-4-3-5-9-18/h3-5,8-9,19-20H,6-7,10-17H2,1-2H3,(H2,26,28,32)(H,27,29,30). The van der Waals surface area contributed by atoms with Crippen molar-refractivity contribution in [3.05, 3.63) is 47.2 Å². The van der Waals surface area contributed by atoms with Gasteiger partial charge in [-0.3, -0.25) is 0 Å². The largest absolute Gasteiger partial charge is 0.362 e. The van der Waals surface area contributed by atoms with E-state index in [-0.39, 0.29) is 12.1 Å². The maximum absolute atomic E-state index is 12.2. The number of nitrogens with zero attached hydrogens (tertiary/aromatic N) is 3. The summed E-state index contributed by atoms with van der Waals surface area (Å²) in [4.78, 5) is 24.0. The molecule has 1 fully saturated rings. The number of hydrogen-bond donors (Lipinski definition) is 3. The number of anilines is 2. The molecule has 7 nitrogen and oxygen atoms in total. The summed E-state index contributed by atoms with van der Waals surface area (Å²) in [5, 5.41) is 9.70. The normalized spacial score (nSPS) is 20.2. The Balaban J connectivity index is 1.23. The number of benzene rings is 1. The molecule has 2 aromatic rings. The minimum Gasteiger partial charge on any atom is -0.362 e. The van der Waals surface area contributed by atoms with E-state index in [1.165, 1.54) is 29.7 Å². The Bertz CT molecular complexity index is 893. The Kier molecular flexibility index (Phi) is 7.45. The van der Waals surface area contributed by atoms with Crippen molar-refractivity contribution < 1.29 is 4.79 Å². The van der Waals surface area contributed by atoms with Crippen molar-refractivity contribution in [3.8, 4) is 0 Å². The minimum absolute atomic E-state index is 0.0639. The van der Waals surface area contributed by atoms with Crippen LogP contribution in [0.1, 0.15) is 55.3 Å². The van der Waals surface area contributed by atoms with E-state index in [0.29, 0.717) is 12.6 Å². The molecule has 1 aromatic heterocycles. The molecule has 0 atom stereocenters. The van der Waals surface area contributed by atoms with E-state index in [4.69, 9.17) is 9.97 Å². The molecular weight excluding hydrogens is 400 g/mol. The Hall–Kier alpha value is -2.83. The lowest BCUT2D eigenvalue weighted by atomic mass is 9.91. The van der Waals surface area contributed by atoms with Crippen LogP contribution in [-0.2, 0) is 19.3 Å². The number of fused-ring (bicyclic) bond motifs is 1. The predicted molar refractivity (Wildman–Crippen MR) is 129 cm³/mol. The molecule has 0 spiro atoms. The fourth-order valence-electron chi connectivity index (χ4n) is 4.77. The number of urea groups is 1. The lowest BCUT2D eigenvalue weighted by molar-refractivity contribution is 0.232. The fraction of sp³-hybridized carbons (Fsp3) is 0.560. The van der Waals surface area contributed by atoms with Gasteiger partial charge < -0.3 is 20.9 Å². The number of aryl methyl sites for hydroxylation is 1. The summed E-state index contributed by atoms with van der Waals surface area (Å²) >= 11 is 0. The molecule has 0 aliphatic heterocycles. The van der Waals surface area contributed by atoms with Crippen LogP contribution in [-0.4, -0.2) is 48.7 Å². The van der Waals surface area contributed by atoms with E-state index < -0.39 is 0 Å². The van der Waals surface area contributed by atoms with E-state index in [0.717, 1.165) is 56.7 Å². The highest BCUT2D eigenvalue weighted by atomic mass is 16.2. The molecular formula is C25H36N6O. The summed E-state index contributed by atoms with van der Waals surface area (Å²) < 4.78 is 0. The van der Waals surface area contributed by atoms with Gasteiger partial charge >= 0.3 is 6.03 Å². The summed E-state index contributed by atoms with van der Waals surface area (Å²) in [6, 6.07) is 10.7. The third-order valence-electron chi connectivity index (χ3n) is 6.52. The van der Waals surface area contributed by atoms with Crippen molar-refractivity contribution in [1.29, 1.82) is 0 Å². The third-order valence-corrected chi connectivity index (χ3v) is 6.52. The van der Waals surface area contributed by atoms with Gasteiger partial charge in [-0.1, -0.05) is 30.3 Å². The zero-order valence-corrected chi connectivity index (χ0v) is 19.4. The van der Waals surface area contributed by atoms with Crippen LogP contribution in [0, 0.1) is 0 Å². The highest BCUT2D eigenvalue weighted by Gasteiger charge is 2.24. The first-order valence-electron chi connectivity index (χ1n) is 12.0. The predicted octanol–water partition coefficient (Wildman–Crippen LogP) is 3.69. The molecule has 172 valence electrons. The molecule has 1 heterocycles. The van der Waals surface area contributed by atoms with Crippen LogP contribution in [0.3, 0.4) is 0 Å². The van der Waals surface area contributed by atoms with Crippen molar-refractivity contribution >= 4 is 17.8 Å². The first kappa shape index (κ1) is 22.4. The van der Waals surface area contributed by atoms with Crippen molar-refractivity contribution in [2.45, 2.75) is 69.9 Å². The Labute approximate surface area is 191 Å². The topological polar surface area (TPSA) is 82.2 Å². The SMILES string of the molecule is CN(C)c1nc(NC2CCC(NC(=O)NCCc3ccccc3)CC2)nc2c1CCCC2.